The Morgan fingerprint density at radius 1 is 1.38 bits per heavy atom. The minimum atomic E-state index is -0.544. The number of carbonyl (C=O) groups excluding carboxylic acids is 2. The van der Waals surface area contributed by atoms with E-state index in [0.29, 0.717) is 37.7 Å². The maximum absolute atomic E-state index is 15.0. The highest BCUT2D eigenvalue weighted by Gasteiger charge is 2.39. The summed E-state index contributed by atoms with van der Waals surface area (Å²) in [6.45, 7) is 4.86. The summed E-state index contributed by atoms with van der Waals surface area (Å²) in [7, 11) is 0. The second-order valence-electron chi connectivity index (χ2n) is 7.80. The minimum Gasteiger partial charge on any atom is -0.442 e. The van der Waals surface area contributed by atoms with Gasteiger partial charge in [-0.2, -0.15) is 0 Å². The molecule has 2 amide bonds. The summed E-state index contributed by atoms with van der Waals surface area (Å²) < 4.78 is 31.8. The predicted octanol–water partition coefficient (Wildman–Crippen LogP) is 1.67. The van der Waals surface area contributed by atoms with Gasteiger partial charge in [0.2, 0.25) is 5.91 Å². The molecule has 158 valence electrons. The van der Waals surface area contributed by atoms with Crippen molar-refractivity contribution < 1.29 is 28.2 Å². The number of nitrogens with zero attached hydrogens (tertiary/aromatic N) is 2. The quantitative estimate of drug-likeness (QED) is 0.818. The number of carbonyl (C=O) groups is 2. The Balaban J connectivity index is 1.45. The van der Waals surface area contributed by atoms with Crippen molar-refractivity contribution >= 4 is 23.4 Å². The van der Waals surface area contributed by atoms with E-state index in [1.807, 2.05) is 4.90 Å². The number of benzene rings is 1. The molecule has 0 radical (unpaired) electrons. The third-order valence-corrected chi connectivity index (χ3v) is 5.57. The largest absolute Gasteiger partial charge is 0.442 e. The molecule has 1 N–H and O–H groups in total. The Hall–Kier alpha value is -2.39. The van der Waals surface area contributed by atoms with Gasteiger partial charge in [-0.25, -0.2) is 9.18 Å². The Labute approximate surface area is 168 Å². The summed E-state index contributed by atoms with van der Waals surface area (Å²) in [4.78, 5) is 26.6. The number of morpholine rings is 1. The fourth-order valence-electron chi connectivity index (χ4n) is 4.13. The molecule has 1 spiro atoms. The first-order valence-electron chi connectivity index (χ1n) is 9.95. The van der Waals surface area contributed by atoms with Crippen LogP contribution < -0.4 is 15.1 Å². The van der Waals surface area contributed by atoms with Gasteiger partial charge in [0.05, 0.1) is 37.7 Å². The highest BCUT2D eigenvalue weighted by molar-refractivity contribution is 5.90. The number of hydrogen-bond acceptors (Lipinski definition) is 6. The number of amides is 2. The monoisotopic (exact) mass is 407 g/mol. The van der Waals surface area contributed by atoms with Gasteiger partial charge in [-0.15, -0.1) is 0 Å². The molecule has 2 atom stereocenters. The van der Waals surface area contributed by atoms with Gasteiger partial charge < -0.3 is 24.4 Å². The standard InChI is InChI=1S/C20H26FN3O5/c1-14(25)22-10-16-11-24(19(26)29-16)15-3-4-18(17(21)9-15)23-6-8-28-20(12-23)5-2-7-27-13-20/h3-4,9,16H,2,5-8,10-13H2,1H3,(H,22,25)/t16-,20+/m0/s1. The zero-order valence-electron chi connectivity index (χ0n) is 16.5. The van der Waals surface area contributed by atoms with Crippen LogP contribution in [0.5, 0.6) is 0 Å². The maximum atomic E-state index is 15.0. The molecular weight excluding hydrogens is 381 g/mol. The van der Waals surface area contributed by atoms with Gasteiger partial charge in [0, 0.05) is 26.6 Å². The second kappa shape index (κ2) is 8.16. The molecule has 0 bridgehead atoms. The fraction of sp³-hybridized carbons (Fsp3) is 0.600. The summed E-state index contributed by atoms with van der Waals surface area (Å²) in [6, 6.07) is 4.78. The van der Waals surface area contributed by atoms with Crippen LogP contribution >= 0.6 is 0 Å². The molecule has 0 aromatic heterocycles. The van der Waals surface area contributed by atoms with Crippen LogP contribution in [0.1, 0.15) is 19.8 Å². The third-order valence-electron chi connectivity index (χ3n) is 5.57. The van der Waals surface area contributed by atoms with E-state index in [1.165, 1.54) is 17.9 Å². The van der Waals surface area contributed by atoms with E-state index in [0.717, 1.165) is 19.4 Å². The lowest BCUT2D eigenvalue weighted by molar-refractivity contribution is -0.133. The Bertz CT molecular complexity index is 778. The van der Waals surface area contributed by atoms with E-state index in [9.17, 15) is 14.0 Å². The van der Waals surface area contributed by atoms with Crippen LogP contribution in [-0.2, 0) is 19.0 Å². The van der Waals surface area contributed by atoms with E-state index < -0.39 is 18.0 Å². The fourth-order valence-corrected chi connectivity index (χ4v) is 4.13. The van der Waals surface area contributed by atoms with Crippen molar-refractivity contribution in [3.8, 4) is 0 Å². The molecule has 0 saturated carbocycles. The highest BCUT2D eigenvalue weighted by Crippen LogP contribution is 2.33. The lowest BCUT2D eigenvalue weighted by atomic mass is 9.94. The molecule has 1 aromatic carbocycles. The van der Waals surface area contributed by atoms with Gasteiger partial charge >= 0.3 is 6.09 Å². The zero-order valence-corrected chi connectivity index (χ0v) is 16.5. The normalized spacial score (nSPS) is 27.2. The van der Waals surface area contributed by atoms with Crippen molar-refractivity contribution in [1.82, 2.24) is 5.32 Å². The van der Waals surface area contributed by atoms with E-state index in [-0.39, 0.29) is 24.6 Å². The number of anilines is 2. The molecule has 0 aliphatic carbocycles. The summed E-state index contributed by atoms with van der Waals surface area (Å²) in [5, 5.41) is 2.63. The molecule has 9 heteroatoms. The molecular formula is C20H26FN3O5. The topological polar surface area (TPSA) is 80.3 Å². The lowest BCUT2D eigenvalue weighted by Gasteiger charge is -2.45. The number of cyclic esters (lactones) is 1. The molecule has 8 nitrogen and oxygen atoms in total. The molecule has 3 saturated heterocycles. The van der Waals surface area contributed by atoms with Crippen molar-refractivity contribution in [3.63, 3.8) is 0 Å². The molecule has 3 aliphatic heterocycles. The van der Waals surface area contributed by atoms with Crippen LogP contribution in [0.15, 0.2) is 18.2 Å². The number of ether oxygens (including phenoxy) is 3. The minimum absolute atomic E-state index is 0.193. The first-order chi connectivity index (χ1) is 14.0. The first kappa shape index (κ1) is 19.9. The van der Waals surface area contributed by atoms with Crippen LogP contribution in [0.2, 0.25) is 0 Å². The van der Waals surface area contributed by atoms with Crippen molar-refractivity contribution in [2.75, 3.05) is 55.8 Å². The number of halogens is 1. The highest BCUT2D eigenvalue weighted by atomic mass is 19.1. The number of nitrogens with one attached hydrogen (secondary N) is 1. The predicted molar refractivity (Wildman–Crippen MR) is 104 cm³/mol. The molecule has 29 heavy (non-hydrogen) atoms. The summed E-state index contributed by atoms with van der Waals surface area (Å²) in [5.41, 5.74) is 0.548. The Kier molecular flexibility index (Phi) is 5.60. The van der Waals surface area contributed by atoms with Gasteiger partial charge in [0.25, 0.3) is 0 Å². The van der Waals surface area contributed by atoms with Crippen molar-refractivity contribution in [1.29, 1.82) is 0 Å². The van der Waals surface area contributed by atoms with Crippen LogP contribution in [0.3, 0.4) is 0 Å². The Morgan fingerprint density at radius 2 is 2.24 bits per heavy atom. The summed E-state index contributed by atoms with van der Waals surface area (Å²) >= 11 is 0. The average Bonchev–Trinajstić information content (AvgIpc) is 3.07. The van der Waals surface area contributed by atoms with Gasteiger partial charge in [-0.1, -0.05) is 0 Å². The molecule has 3 heterocycles. The summed E-state index contributed by atoms with van der Waals surface area (Å²) in [6.07, 6.45) is 0.835. The SMILES string of the molecule is CC(=O)NC[C@H]1CN(c2ccc(N3CCO[C@]4(CCCOC4)C3)c(F)c2)C(=O)O1. The number of rotatable bonds is 4. The van der Waals surface area contributed by atoms with Gasteiger partial charge in [-0.05, 0) is 31.0 Å². The van der Waals surface area contributed by atoms with E-state index >= 15 is 0 Å². The molecule has 4 rings (SSSR count). The Morgan fingerprint density at radius 3 is 2.97 bits per heavy atom. The summed E-state index contributed by atoms with van der Waals surface area (Å²) in [5.74, 6) is -0.587. The van der Waals surface area contributed by atoms with Crippen LogP contribution in [0.25, 0.3) is 0 Å². The van der Waals surface area contributed by atoms with Crippen LogP contribution in [0, 0.1) is 5.82 Å². The smallest absolute Gasteiger partial charge is 0.414 e. The molecule has 1 aromatic rings. The molecule has 3 aliphatic rings. The van der Waals surface area contributed by atoms with E-state index in [4.69, 9.17) is 14.2 Å². The van der Waals surface area contributed by atoms with E-state index in [1.54, 1.807) is 12.1 Å². The average molecular weight is 407 g/mol. The van der Waals surface area contributed by atoms with Crippen molar-refractivity contribution in [3.05, 3.63) is 24.0 Å². The first-order valence-corrected chi connectivity index (χ1v) is 9.95. The van der Waals surface area contributed by atoms with Crippen molar-refractivity contribution in [2.45, 2.75) is 31.5 Å². The zero-order chi connectivity index (χ0) is 20.4. The van der Waals surface area contributed by atoms with Crippen molar-refractivity contribution in [2.24, 2.45) is 0 Å². The van der Waals surface area contributed by atoms with E-state index in [2.05, 4.69) is 5.32 Å². The van der Waals surface area contributed by atoms with Crippen LogP contribution in [-0.4, -0.2) is 69.7 Å². The lowest BCUT2D eigenvalue weighted by Crippen LogP contribution is -2.56. The van der Waals surface area contributed by atoms with Gasteiger partial charge in [0.1, 0.15) is 17.5 Å². The van der Waals surface area contributed by atoms with Gasteiger partial charge in [-0.3, -0.25) is 9.69 Å². The molecule has 3 fully saturated rings. The third kappa shape index (κ3) is 4.30. The second-order valence-corrected chi connectivity index (χ2v) is 7.80. The molecule has 0 unspecified atom stereocenters. The maximum Gasteiger partial charge on any atom is 0.414 e. The van der Waals surface area contributed by atoms with Gasteiger partial charge in [0.15, 0.2) is 0 Å². The van der Waals surface area contributed by atoms with Crippen LogP contribution in [0.4, 0.5) is 20.6 Å². The number of hydrogen-bond donors (Lipinski definition) is 1.